The lowest BCUT2D eigenvalue weighted by atomic mass is 10.2. The Balaban J connectivity index is 1.87. The third-order valence-electron chi connectivity index (χ3n) is 3.74. The van der Waals surface area contributed by atoms with E-state index in [9.17, 15) is 4.79 Å². The van der Waals surface area contributed by atoms with Crippen LogP contribution < -0.4 is 29.2 Å². The molecule has 25 heavy (non-hydrogen) atoms. The maximum atomic E-state index is 12.7. The van der Waals surface area contributed by atoms with Gasteiger partial charge >= 0.3 is 6.03 Å². The number of benzene rings is 1. The number of aromatic nitrogens is 1. The number of methoxy groups -OCH3 is 3. The van der Waals surface area contributed by atoms with Gasteiger partial charge in [-0.05, 0) is 12.1 Å². The van der Waals surface area contributed by atoms with Crippen molar-refractivity contribution < 1.29 is 23.7 Å². The summed E-state index contributed by atoms with van der Waals surface area (Å²) in [4.78, 5) is 18.4. The minimum Gasteiger partial charge on any atom is -0.493 e. The molecule has 1 N–H and O–H groups in total. The molecule has 0 atom stereocenters. The first kappa shape index (κ1) is 16.7. The lowest BCUT2D eigenvalue weighted by Crippen LogP contribution is -2.41. The summed E-state index contributed by atoms with van der Waals surface area (Å²) in [6.07, 6.45) is 1.62. The zero-order valence-electron chi connectivity index (χ0n) is 14.2. The van der Waals surface area contributed by atoms with E-state index >= 15 is 0 Å². The number of amides is 2. The van der Waals surface area contributed by atoms with Gasteiger partial charge in [0, 0.05) is 18.3 Å². The predicted molar refractivity (Wildman–Crippen MR) is 92.2 cm³/mol. The second kappa shape index (κ2) is 7.16. The monoisotopic (exact) mass is 345 g/mol. The molecule has 2 aromatic rings. The van der Waals surface area contributed by atoms with Crippen molar-refractivity contribution in [3.05, 3.63) is 30.5 Å². The van der Waals surface area contributed by atoms with E-state index in [0.29, 0.717) is 47.7 Å². The summed E-state index contributed by atoms with van der Waals surface area (Å²) in [5.74, 6) is 2.43. The molecule has 2 heterocycles. The van der Waals surface area contributed by atoms with Crippen molar-refractivity contribution in [3.63, 3.8) is 0 Å². The number of carbonyl (C=O) groups excluding carboxylic acids is 1. The van der Waals surface area contributed by atoms with Crippen molar-refractivity contribution in [1.29, 1.82) is 0 Å². The minimum absolute atomic E-state index is 0.322. The molecule has 0 aliphatic carbocycles. The largest absolute Gasteiger partial charge is 0.493 e. The lowest BCUT2D eigenvalue weighted by Gasteiger charge is -2.28. The van der Waals surface area contributed by atoms with Gasteiger partial charge in [-0.25, -0.2) is 9.78 Å². The van der Waals surface area contributed by atoms with Crippen molar-refractivity contribution in [2.45, 2.75) is 0 Å². The van der Waals surface area contributed by atoms with Crippen molar-refractivity contribution in [1.82, 2.24) is 4.98 Å². The number of pyridine rings is 1. The second-order valence-electron chi connectivity index (χ2n) is 5.17. The first-order chi connectivity index (χ1) is 12.2. The highest BCUT2D eigenvalue weighted by molar-refractivity contribution is 6.02. The number of fused-ring (bicyclic) bond motifs is 1. The number of carbonyl (C=O) groups is 1. The third-order valence-corrected chi connectivity index (χ3v) is 3.74. The summed E-state index contributed by atoms with van der Waals surface area (Å²) in [7, 11) is 4.56. The molecule has 132 valence electrons. The Morgan fingerprint density at radius 2 is 1.92 bits per heavy atom. The van der Waals surface area contributed by atoms with Gasteiger partial charge in [-0.1, -0.05) is 0 Å². The standard InChI is InChI=1S/C17H19N3O5/c1-22-13-9-11(10-14(23-2)15(13)24-3)19-17(21)20-7-8-25-12-5-4-6-18-16(12)20/h4-6,9-10H,7-8H2,1-3H3,(H,19,21). The van der Waals surface area contributed by atoms with Gasteiger partial charge in [0.25, 0.3) is 0 Å². The van der Waals surface area contributed by atoms with E-state index in [0.717, 1.165) is 0 Å². The molecule has 1 aromatic carbocycles. The van der Waals surface area contributed by atoms with Crippen LogP contribution in [0.5, 0.6) is 23.0 Å². The third kappa shape index (κ3) is 3.23. The minimum atomic E-state index is -0.322. The Labute approximate surface area is 145 Å². The van der Waals surface area contributed by atoms with Gasteiger partial charge in [0.15, 0.2) is 23.1 Å². The maximum absolute atomic E-state index is 12.7. The van der Waals surface area contributed by atoms with E-state index < -0.39 is 0 Å². The molecule has 2 amide bonds. The molecule has 3 rings (SSSR count). The first-order valence-electron chi connectivity index (χ1n) is 7.64. The fraction of sp³-hybridized carbons (Fsp3) is 0.294. The van der Waals surface area contributed by atoms with Crippen LogP contribution in [0.3, 0.4) is 0 Å². The highest BCUT2D eigenvalue weighted by Crippen LogP contribution is 2.40. The molecular formula is C17H19N3O5. The van der Waals surface area contributed by atoms with E-state index in [4.69, 9.17) is 18.9 Å². The van der Waals surface area contributed by atoms with Crippen LogP contribution in [0, 0.1) is 0 Å². The number of nitrogens with zero attached hydrogens (tertiary/aromatic N) is 2. The van der Waals surface area contributed by atoms with Gasteiger partial charge in [0.05, 0.1) is 33.6 Å². The molecule has 8 heteroatoms. The molecule has 0 saturated heterocycles. The van der Waals surface area contributed by atoms with Gasteiger partial charge in [-0.2, -0.15) is 0 Å². The van der Waals surface area contributed by atoms with Crippen LogP contribution in [-0.4, -0.2) is 45.5 Å². The van der Waals surface area contributed by atoms with E-state index in [2.05, 4.69) is 10.3 Å². The van der Waals surface area contributed by atoms with Crippen LogP contribution in [0.1, 0.15) is 0 Å². The van der Waals surface area contributed by atoms with Crippen molar-refractivity contribution >= 4 is 17.5 Å². The molecule has 0 spiro atoms. The van der Waals surface area contributed by atoms with Crippen LogP contribution in [0.25, 0.3) is 0 Å². The average molecular weight is 345 g/mol. The summed E-state index contributed by atoms with van der Waals surface area (Å²) in [6, 6.07) is 6.55. The summed E-state index contributed by atoms with van der Waals surface area (Å²) in [6.45, 7) is 0.807. The summed E-state index contributed by atoms with van der Waals surface area (Å²) >= 11 is 0. The molecule has 1 aromatic heterocycles. The molecule has 1 aliphatic rings. The van der Waals surface area contributed by atoms with Crippen LogP contribution >= 0.6 is 0 Å². The molecule has 0 fully saturated rings. The molecule has 0 saturated carbocycles. The first-order valence-corrected chi connectivity index (χ1v) is 7.64. The van der Waals surface area contributed by atoms with E-state index in [1.54, 1.807) is 30.5 Å². The Kier molecular flexibility index (Phi) is 4.78. The Hall–Kier alpha value is -3.16. The normalized spacial score (nSPS) is 12.7. The summed E-state index contributed by atoms with van der Waals surface area (Å²) in [5.41, 5.74) is 0.517. The lowest BCUT2D eigenvalue weighted by molar-refractivity contribution is 0.249. The van der Waals surface area contributed by atoms with E-state index in [1.165, 1.54) is 26.2 Å². The van der Waals surface area contributed by atoms with Gasteiger partial charge in [-0.3, -0.25) is 4.90 Å². The molecular weight excluding hydrogens is 326 g/mol. The van der Waals surface area contributed by atoms with Crippen molar-refractivity contribution in [2.75, 3.05) is 44.7 Å². The Morgan fingerprint density at radius 3 is 2.56 bits per heavy atom. The quantitative estimate of drug-likeness (QED) is 0.917. The zero-order valence-corrected chi connectivity index (χ0v) is 14.2. The SMILES string of the molecule is COc1cc(NC(=O)N2CCOc3cccnc32)cc(OC)c1OC. The molecule has 0 unspecified atom stereocenters. The zero-order chi connectivity index (χ0) is 17.8. The maximum Gasteiger partial charge on any atom is 0.327 e. The predicted octanol–water partition coefficient (Wildman–Crippen LogP) is 2.54. The topological polar surface area (TPSA) is 82.2 Å². The number of hydrogen-bond acceptors (Lipinski definition) is 6. The fourth-order valence-corrected chi connectivity index (χ4v) is 2.59. The summed E-state index contributed by atoms with van der Waals surface area (Å²) < 4.78 is 21.4. The highest BCUT2D eigenvalue weighted by Gasteiger charge is 2.25. The van der Waals surface area contributed by atoms with Gasteiger partial charge in [-0.15, -0.1) is 0 Å². The number of urea groups is 1. The fourth-order valence-electron chi connectivity index (χ4n) is 2.59. The van der Waals surface area contributed by atoms with E-state index in [-0.39, 0.29) is 6.03 Å². The highest BCUT2D eigenvalue weighted by atomic mass is 16.5. The number of ether oxygens (including phenoxy) is 4. The van der Waals surface area contributed by atoms with Gasteiger partial charge in [0.2, 0.25) is 5.75 Å². The van der Waals surface area contributed by atoms with Crippen LogP contribution in [-0.2, 0) is 0 Å². The van der Waals surface area contributed by atoms with Crippen LogP contribution in [0.15, 0.2) is 30.5 Å². The van der Waals surface area contributed by atoms with Crippen LogP contribution in [0.4, 0.5) is 16.3 Å². The second-order valence-corrected chi connectivity index (χ2v) is 5.17. The molecule has 1 aliphatic heterocycles. The number of hydrogen-bond donors (Lipinski definition) is 1. The van der Waals surface area contributed by atoms with E-state index in [1.807, 2.05) is 0 Å². The number of nitrogens with one attached hydrogen (secondary N) is 1. The van der Waals surface area contributed by atoms with Crippen molar-refractivity contribution in [3.8, 4) is 23.0 Å². The smallest absolute Gasteiger partial charge is 0.327 e. The Bertz CT molecular complexity index is 756. The molecule has 0 bridgehead atoms. The summed E-state index contributed by atoms with van der Waals surface area (Å²) in [5, 5.41) is 2.83. The Morgan fingerprint density at radius 1 is 1.20 bits per heavy atom. The van der Waals surface area contributed by atoms with Crippen LogP contribution in [0.2, 0.25) is 0 Å². The van der Waals surface area contributed by atoms with Crippen molar-refractivity contribution in [2.24, 2.45) is 0 Å². The molecule has 0 radical (unpaired) electrons. The van der Waals surface area contributed by atoms with Gasteiger partial charge in [0.1, 0.15) is 6.61 Å². The molecule has 8 nitrogen and oxygen atoms in total. The average Bonchev–Trinajstić information content (AvgIpc) is 2.66. The van der Waals surface area contributed by atoms with Gasteiger partial charge < -0.3 is 24.3 Å². The number of anilines is 2. The number of rotatable bonds is 4.